The Kier molecular flexibility index (Phi) is 5.66. The van der Waals surface area contributed by atoms with E-state index in [-0.39, 0.29) is 23.4 Å². The predicted molar refractivity (Wildman–Crippen MR) is 100 cm³/mol. The summed E-state index contributed by atoms with van der Waals surface area (Å²) in [6.45, 7) is 0.354. The van der Waals surface area contributed by atoms with Gasteiger partial charge in [-0.1, -0.05) is 0 Å². The lowest BCUT2D eigenvalue weighted by atomic mass is 10.1. The number of benzene rings is 2. The van der Waals surface area contributed by atoms with E-state index in [4.69, 9.17) is 18.6 Å². The van der Waals surface area contributed by atoms with Crippen LogP contribution in [0.3, 0.4) is 0 Å². The molecule has 0 radical (unpaired) electrons. The van der Waals surface area contributed by atoms with Crippen LogP contribution in [0.2, 0.25) is 0 Å². The Balaban J connectivity index is 1.41. The first-order chi connectivity index (χ1) is 14.9. The molecule has 0 aliphatic carbocycles. The van der Waals surface area contributed by atoms with Gasteiger partial charge in [-0.3, -0.25) is 4.79 Å². The van der Waals surface area contributed by atoms with Crippen LogP contribution >= 0.6 is 0 Å². The molecule has 0 amide bonds. The zero-order valence-corrected chi connectivity index (χ0v) is 15.8. The first kappa shape index (κ1) is 20.5. The van der Waals surface area contributed by atoms with E-state index in [0.717, 1.165) is 0 Å². The molecule has 0 saturated heterocycles. The number of hydrogen-bond donors (Lipinski definition) is 0. The molecule has 2 aromatic carbocycles. The highest BCUT2D eigenvalue weighted by atomic mass is 19.2. The van der Waals surface area contributed by atoms with Crippen LogP contribution < -0.4 is 14.2 Å². The minimum Gasteiger partial charge on any atom is -0.486 e. The van der Waals surface area contributed by atoms with Crippen molar-refractivity contribution >= 4 is 11.9 Å². The van der Waals surface area contributed by atoms with E-state index in [0.29, 0.717) is 30.3 Å². The standard InChI is InChI=1S/C22H14F4O5/c23-15-10-16(24)21(26)22(20(15)25)30-11-14-3-2-13(31-14)4-5-17(27)12-1-6-18-19(9-12)29-8-7-28-18/h1-6,9-10H,7-8,11H2/b5-4+. The van der Waals surface area contributed by atoms with Crippen LogP contribution in [0.1, 0.15) is 21.9 Å². The van der Waals surface area contributed by atoms with Crippen molar-refractivity contribution in [2.24, 2.45) is 0 Å². The van der Waals surface area contributed by atoms with Crippen LogP contribution in [-0.2, 0) is 6.61 Å². The summed E-state index contributed by atoms with van der Waals surface area (Å²) in [5, 5.41) is 0. The fraction of sp³-hybridized carbons (Fsp3) is 0.136. The molecule has 9 heteroatoms. The van der Waals surface area contributed by atoms with Crippen molar-refractivity contribution in [2.75, 3.05) is 13.2 Å². The van der Waals surface area contributed by atoms with E-state index in [1.807, 2.05) is 0 Å². The van der Waals surface area contributed by atoms with Gasteiger partial charge in [0.25, 0.3) is 0 Å². The normalized spacial score (nSPS) is 12.9. The first-order valence-corrected chi connectivity index (χ1v) is 9.09. The number of rotatable bonds is 6. The van der Waals surface area contributed by atoms with Gasteiger partial charge in [-0.25, -0.2) is 8.78 Å². The minimum absolute atomic E-state index is 0.0893. The third kappa shape index (κ3) is 4.40. The highest BCUT2D eigenvalue weighted by molar-refractivity contribution is 6.07. The van der Waals surface area contributed by atoms with E-state index < -0.39 is 35.6 Å². The highest BCUT2D eigenvalue weighted by Gasteiger charge is 2.21. The van der Waals surface area contributed by atoms with Gasteiger partial charge in [0.05, 0.1) is 0 Å². The van der Waals surface area contributed by atoms with Crippen LogP contribution in [0.15, 0.2) is 46.9 Å². The summed E-state index contributed by atoms with van der Waals surface area (Å²) in [5.74, 6) is -6.50. The number of ketones is 1. The Labute approximate surface area is 173 Å². The summed E-state index contributed by atoms with van der Waals surface area (Å²) in [4.78, 5) is 12.4. The van der Waals surface area contributed by atoms with Gasteiger partial charge in [0, 0.05) is 11.6 Å². The number of halogens is 4. The molecule has 0 spiro atoms. The number of allylic oxidation sites excluding steroid dienone is 1. The lowest BCUT2D eigenvalue weighted by Gasteiger charge is -2.18. The third-order valence-electron chi connectivity index (χ3n) is 4.34. The molecular weight excluding hydrogens is 420 g/mol. The predicted octanol–water partition coefficient (Wildman–Crippen LogP) is 5.08. The average molecular weight is 434 g/mol. The second kappa shape index (κ2) is 8.55. The number of carbonyl (C=O) groups excluding carboxylic acids is 1. The SMILES string of the molecule is O=C(/C=C/c1ccc(COc2c(F)c(F)cc(F)c2F)o1)c1ccc2c(c1)OCCO2. The molecule has 0 bridgehead atoms. The van der Waals surface area contributed by atoms with Gasteiger partial charge in [-0.15, -0.1) is 0 Å². The number of fused-ring (bicyclic) bond motifs is 1. The van der Waals surface area contributed by atoms with E-state index >= 15 is 0 Å². The maximum atomic E-state index is 13.6. The van der Waals surface area contributed by atoms with E-state index in [1.54, 1.807) is 18.2 Å². The van der Waals surface area contributed by atoms with Gasteiger partial charge in [0.15, 0.2) is 34.7 Å². The summed E-state index contributed by atoms with van der Waals surface area (Å²) in [5.41, 5.74) is 0.384. The van der Waals surface area contributed by atoms with Crippen molar-refractivity contribution < 1.29 is 41.0 Å². The fourth-order valence-corrected chi connectivity index (χ4v) is 2.83. The molecule has 0 saturated carbocycles. The molecule has 0 atom stereocenters. The summed E-state index contributed by atoms with van der Waals surface area (Å²) >= 11 is 0. The molecule has 31 heavy (non-hydrogen) atoms. The van der Waals surface area contributed by atoms with E-state index in [1.165, 1.54) is 24.3 Å². The van der Waals surface area contributed by atoms with Gasteiger partial charge in [0.1, 0.15) is 31.3 Å². The van der Waals surface area contributed by atoms with Gasteiger partial charge < -0.3 is 18.6 Å². The quantitative estimate of drug-likeness (QED) is 0.234. The van der Waals surface area contributed by atoms with Crippen LogP contribution in [0.5, 0.6) is 17.2 Å². The molecule has 160 valence electrons. The van der Waals surface area contributed by atoms with Crippen LogP contribution in [-0.4, -0.2) is 19.0 Å². The zero-order valence-electron chi connectivity index (χ0n) is 15.8. The summed E-state index contributed by atoms with van der Waals surface area (Å²) in [6.07, 6.45) is 2.67. The molecule has 0 N–H and O–H groups in total. The van der Waals surface area contributed by atoms with E-state index in [9.17, 15) is 22.4 Å². The summed E-state index contributed by atoms with van der Waals surface area (Å²) in [7, 11) is 0. The Morgan fingerprint density at radius 3 is 2.39 bits per heavy atom. The largest absolute Gasteiger partial charge is 0.486 e. The highest BCUT2D eigenvalue weighted by Crippen LogP contribution is 2.31. The monoisotopic (exact) mass is 434 g/mol. The Morgan fingerprint density at radius 1 is 0.935 bits per heavy atom. The smallest absolute Gasteiger partial charge is 0.203 e. The average Bonchev–Trinajstić information content (AvgIpc) is 3.23. The molecule has 1 aromatic heterocycles. The van der Waals surface area contributed by atoms with Crippen molar-refractivity contribution in [2.45, 2.75) is 6.61 Å². The molecule has 5 nitrogen and oxygen atoms in total. The van der Waals surface area contributed by atoms with E-state index in [2.05, 4.69) is 0 Å². The lowest BCUT2D eigenvalue weighted by molar-refractivity contribution is 0.104. The van der Waals surface area contributed by atoms with Gasteiger partial charge in [0.2, 0.25) is 11.6 Å². The molecule has 2 heterocycles. The summed E-state index contributed by atoms with van der Waals surface area (Å²) in [6, 6.07) is 7.83. The second-order valence-electron chi connectivity index (χ2n) is 6.45. The third-order valence-corrected chi connectivity index (χ3v) is 4.34. The topological polar surface area (TPSA) is 57.9 Å². The van der Waals surface area contributed by atoms with Crippen molar-refractivity contribution in [1.82, 2.24) is 0 Å². The number of furan rings is 1. The van der Waals surface area contributed by atoms with Gasteiger partial charge in [-0.05, 0) is 42.5 Å². The van der Waals surface area contributed by atoms with Gasteiger partial charge in [-0.2, -0.15) is 8.78 Å². The van der Waals surface area contributed by atoms with Crippen molar-refractivity contribution in [3.8, 4) is 17.2 Å². The maximum absolute atomic E-state index is 13.6. The number of carbonyl (C=O) groups is 1. The molecular formula is C22H14F4O5. The lowest BCUT2D eigenvalue weighted by Crippen LogP contribution is -2.15. The Morgan fingerprint density at radius 2 is 1.65 bits per heavy atom. The van der Waals surface area contributed by atoms with Crippen molar-refractivity contribution in [3.05, 3.63) is 82.8 Å². The maximum Gasteiger partial charge on any atom is 0.203 e. The van der Waals surface area contributed by atoms with Crippen molar-refractivity contribution in [1.29, 1.82) is 0 Å². The molecule has 4 rings (SSSR count). The molecule has 0 unspecified atom stereocenters. The zero-order chi connectivity index (χ0) is 22.0. The minimum atomic E-state index is -1.64. The molecule has 1 aliphatic heterocycles. The number of hydrogen-bond acceptors (Lipinski definition) is 5. The van der Waals surface area contributed by atoms with Crippen LogP contribution in [0, 0.1) is 23.3 Å². The molecule has 3 aromatic rings. The van der Waals surface area contributed by atoms with Crippen LogP contribution in [0.4, 0.5) is 17.6 Å². The Hall–Kier alpha value is -3.75. The van der Waals surface area contributed by atoms with Gasteiger partial charge >= 0.3 is 0 Å². The fourth-order valence-electron chi connectivity index (χ4n) is 2.83. The number of ether oxygens (including phenoxy) is 3. The first-order valence-electron chi connectivity index (χ1n) is 9.09. The van der Waals surface area contributed by atoms with Crippen LogP contribution in [0.25, 0.3) is 6.08 Å². The molecule has 0 fully saturated rings. The Bertz CT molecular complexity index is 1140. The molecule has 1 aliphatic rings. The second-order valence-corrected chi connectivity index (χ2v) is 6.45. The van der Waals surface area contributed by atoms with Crippen molar-refractivity contribution in [3.63, 3.8) is 0 Å². The summed E-state index contributed by atoms with van der Waals surface area (Å²) < 4.78 is 74.7.